The van der Waals surface area contributed by atoms with Gasteiger partial charge >= 0.3 is 0 Å². The third kappa shape index (κ3) is 3.97. The zero-order chi connectivity index (χ0) is 21.3. The van der Waals surface area contributed by atoms with Gasteiger partial charge in [-0.25, -0.2) is 13.4 Å². The molecule has 2 aromatic heterocycles. The normalized spacial score (nSPS) is 11.5. The van der Waals surface area contributed by atoms with Crippen LogP contribution in [0.5, 0.6) is 0 Å². The summed E-state index contributed by atoms with van der Waals surface area (Å²) in [5.74, 6) is -0.211. The van der Waals surface area contributed by atoms with E-state index in [4.69, 9.17) is 0 Å². The van der Waals surface area contributed by atoms with Crippen molar-refractivity contribution in [2.24, 2.45) is 0 Å². The molecule has 0 aliphatic carbocycles. The van der Waals surface area contributed by atoms with E-state index in [1.54, 1.807) is 71.5 Å². The lowest BCUT2D eigenvalue weighted by molar-refractivity contribution is 0.0950. The molecule has 0 aliphatic heterocycles. The first-order chi connectivity index (χ1) is 14.3. The molecule has 0 atom stereocenters. The van der Waals surface area contributed by atoms with Crippen LogP contribution in [0, 0.1) is 13.8 Å². The molecule has 30 heavy (non-hydrogen) atoms. The van der Waals surface area contributed by atoms with E-state index in [0.29, 0.717) is 12.1 Å². The van der Waals surface area contributed by atoms with Crippen molar-refractivity contribution in [2.75, 3.05) is 0 Å². The molecule has 0 spiro atoms. The highest BCUT2D eigenvalue weighted by molar-refractivity contribution is 7.91. The number of rotatable bonds is 5. The average Bonchev–Trinajstić information content (AvgIpc) is 3.19. The standard InChI is InChI=1S/C23H21N3O3S/c1-16-11-17(2)13-21(12-16)30(28,29)20-6-3-18(4-7-20)14-25-23(27)19-5-8-22-24-9-10-26(22)15-19/h3-13,15H,14H2,1-2H3,(H,25,27). The number of carbonyl (C=O) groups is 1. The van der Waals surface area contributed by atoms with Gasteiger partial charge in [-0.05, 0) is 66.9 Å². The zero-order valence-electron chi connectivity index (χ0n) is 16.7. The van der Waals surface area contributed by atoms with Crippen LogP contribution in [0.4, 0.5) is 0 Å². The molecule has 0 fully saturated rings. The Morgan fingerprint density at radius 2 is 1.67 bits per heavy atom. The molecule has 152 valence electrons. The predicted molar refractivity (Wildman–Crippen MR) is 114 cm³/mol. The molecule has 0 bridgehead atoms. The predicted octanol–water partition coefficient (Wildman–Crippen LogP) is 3.71. The monoisotopic (exact) mass is 419 g/mol. The number of aryl methyl sites for hydroxylation is 2. The van der Waals surface area contributed by atoms with Crippen molar-refractivity contribution < 1.29 is 13.2 Å². The van der Waals surface area contributed by atoms with Gasteiger partial charge in [0.2, 0.25) is 9.84 Å². The molecule has 4 rings (SSSR count). The Balaban J connectivity index is 1.47. The van der Waals surface area contributed by atoms with Crippen molar-refractivity contribution in [3.05, 3.63) is 95.4 Å². The Hall–Kier alpha value is -3.45. The second kappa shape index (κ2) is 7.76. The van der Waals surface area contributed by atoms with E-state index < -0.39 is 9.84 Å². The average molecular weight is 420 g/mol. The number of nitrogens with one attached hydrogen (secondary N) is 1. The highest BCUT2D eigenvalue weighted by Gasteiger charge is 2.18. The Morgan fingerprint density at radius 1 is 0.967 bits per heavy atom. The quantitative estimate of drug-likeness (QED) is 0.535. The Kier molecular flexibility index (Phi) is 5.13. The zero-order valence-corrected chi connectivity index (χ0v) is 17.5. The van der Waals surface area contributed by atoms with Crippen molar-refractivity contribution in [2.45, 2.75) is 30.2 Å². The molecule has 0 radical (unpaired) electrons. The minimum Gasteiger partial charge on any atom is -0.348 e. The van der Waals surface area contributed by atoms with Crippen molar-refractivity contribution >= 4 is 21.4 Å². The summed E-state index contributed by atoms with van der Waals surface area (Å²) in [5.41, 5.74) is 3.91. The largest absolute Gasteiger partial charge is 0.348 e. The number of amides is 1. The van der Waals surface area contributed by atoms with Crippen LogP contribution in [0.1, 0.15) is 27.0 Å². The summed E-state index contributed by atoms with van der Waals surface area (Å²) in [6.45, 7) is 4.05. The van der Waals surface area contributed by atoms with Gasteiger partial charge in [0.15, 0.2) is 0 Å². The van der Waals surface area contributed by atoms with Gasteiger partial charge in [0.25, 0.3) is 5.91 Å². The molecule has 1 N–H and O–H groups in total. The first-order valence-corrected chi connectivity index (χ1v) is 10.9. The van der Waals surface area contributed by atoms with Crippen LogP contribution in [0.25, 0.3) is 5.65 Å². The third-order valence-electron chi connectivity index (χ3n) is 4.84. The molecule has 0 saturated heterocycles. The lowest BCUT2D eigenvalue weighted by Gasteiger charge is -2.09. The number of sulfone groups is 1. The topological polar surface area (TPSA) is 80.5 Å². The fourth-order valence-electron chi connectivity index (χ4n) is 3.35. The van der Waals surface area contributed by atoms with E-state index in [1.807, 2.05) is 19.9 Å². The molecule has 7 heteroatoms. The maximum atomic E-state index is 12.9. The maximum absolute atomic E-state index is 12.9. The lowest BCUT2D eigenvalue weighted by Crippen LogP contribution is -2.23. The Bertz CT molecular complexity index is 1320. The second-order valence-electron chi connectivity index (χ2n) is 7.26. The second-order valence-corrected chi connectivity index (χ2v) is 9.21. The summed E-state index contributed by atoms with van der Waals surface area (Å²) < 4.78 is 27.6. The molecule has 0 unspecified atom stereocenters. The fraction of sp³-hybridized carbons (Fsp3) is 0.130. The van der Waals surface area contributed by atoms with Gasteiger partial charge < -0.3 is 9.72 Å². The summed E-state index contributed by atoms with van der Waals surface area (Å²) in [6, 6.07) is 15.4. The smallest absolute Gasteiger partial charge is 0.253 e. The number of benzene rings is 2. The van der Waals surface area contributed by atoms with Crippen molar-refractivity contribution in [1.82, 2.24) is 14.7 Å². The van der Waals surface area contributed by atoms with Crippen LogP contribution in [-0.2, 0) is 16.4 Å². The number of fused-ring (bicyclic) bond motifs is 1. The number of hydrogen-bond acceptors (Lipinski definition) is 4. The van der Waals surface area contributed by atoms with E-state index in [9.17, 15) is 13.2 Å². The van der Waals surface area contributed by atoms with Gasteiger partial charge in [-0.15, -0.1) is 0 Å². The molecular formula is C23H21N3O3S. The van der Waals surface area contributed by atoms with Gasteiger partial charge in [0.1, 0.15) is 5.65 Å². The minimum atomic E-state index is -3.59. The van der Waals surface area contributed by atoms with Crippen LogP contribution in [-0.4, -0.2) is 23.7 Å². The number of imidazole rings is 1. The summed E-state index contributed by atoms with van der Waals surface area (Å²) in [7, 11) is -3.59. The highest BCUT2D eigenvalue weighted by Crippen LogP contribution is 2.23. The van der Waals surface area contributed by atoms with Gasteiger partial charge in [-0.3, -0.25) is 4.79 Å². The molecule has 2 aromatic carbocycles. The van der Waals surface area contributed by atoms with Gasteiger partial charge in [-0.2, -0.15) is 0 Å². The minimum absolute atomic E-state index is 0.211. The summed E-state index contributed by atoms with van der Waals surface area (Å²) >= 11 is 0. The van der Waals surface area contributed by atoms with Crippen LogP contribution in [0.3, 0.4) is 0 Å². The summed E-state index contributed by atoms with van der Waals surface area (Å²) in [4.78, 5) is 17.1. The van der Waals surface area contributed by atoms with Crippen LogP contribution in [0.2, 0.25) is 0 Å². The van der Waals surface area contributed by atoms with Gasteiger partial charge in [0, 0.05) is 25.1 Å². The summed E-state index contributed by atoms with van der Waals surface area (Å²) in [5, 5.41) is 2.85. The summed E-state index contributed by atoms with van der Waals surface area (Å²) in [6.07, 6.45) is 5.17. The highest BCUT2D eigenvalue weighted by atomic mass is 32.2. The van der Waals surface area contributed by atoms with Crippen LogP contribution >= 0.6 is 0 Å². The van der Waals surface area contributed by atoms with Crippen LogP contribution in [0.15, 0.2) is 83.0 Å². The maximum Gasteiger partial charge on any atom is 0.253 e. The number of pyridine rings is 1. The van der Waals surface area contributed by atoms with E-state index in [0.717, 1.165) is 22.3 Å². The molecule has 1 amide bonds. The first kappa shape index (κ1) is 19.8. The fourth-order valence-corrected chi connectivity index (χ4v) is 4.80. The van der Waals surface area contributed by atoms with E-state index in [2.05, 4.69) is 10.3 Å². The molecule has 4 aromatic rings. The van der Waals surface area contributed by atoms with Crippen molar-refractivity contribution in [3.63, 3.8) is 0 Å². The van der Waals surface area contributed by atoms with E-state index >= 15 is 0 Å². The lowest BCUT2D eigenvalue weighted by atomic mass is 10.2. The number of nitrogens with zero attached hydrogens (tertiary/aromatic N) is 2. The first-order valence-electron chi connectivity index (χ1n) is 9.46. The number of carbonyl (C=O) groups excluding carboxylic acids is 1. The van der Waals surface area contributed by atoms with Crippen molar-refractivity contribution in [1.29, 1.82) is 0 Å². The van der Waals surface area contributed by atoms with Gasteiger partial charge in [0.05, 0.1) is 15.4 Å². The SMILES string of the molecule is Cc1cc(C)cc(S(=O)(=O)c2ccc(CNC(=O)c3ccc4nccn4c3)cc2)c1. The number of hydrogen-bond donors (Lipinski definition) is 1. The van der Waals surface area contributed by atoms with Crippen LogP contribution < -0.4 is 5.32 Å². The molecule has 0 aliphatic rings. The van der Waals surface area contributed by atoms with Crippen molar-refractivity contribution in [3.8, 4) is 0 Å². The third-order valence-corrected chi connectivity index (χ3v) is 6.59. The van der Waals surface area contributed by atoms with Gasteiger partial charge in [-0.1, -0.05) is 18.2 Å². The van der Waals surface area contributed by atoms with E-state index in [1.165, 1.54) is 0 Å². The molecular weight excluding hydrogens is 398 g/mol. The Morgan fingerprint density at radius 3 is 2.37 bits per heavy atom. The molecule has 6 nitrogen and oxygen atoms in total. The molecule has 0 saturated carbocycles. The Labute approximate surface area is 175 Å². The van der Waals surface area contributed by atoms with E-state index in [-0.39, 0.29) is 15.7 Å². The number of aromatic nitrogens is 2. The molecule has 2 heterocycles.